The maximum Gasteiger partial charge on any atom is 0.416 e. The minimum Gasteiger partial charge on any atom is -0.395 e. The van der Waals surface area contributed by atoms with E-state index < -0.39 is 43.5 Å². The topological polar surface area (TPSA) is 40.5 Å². The normalized spacial score (nSPS) is 12.3. The molecule has 0 saturated carbocycles. The molecule has 0 atom stereocenters. The highest BCUT2D eigenvalue weighted by atomic mass is 19.4. The van der Waals surface area contributed by atoms with Gasteiger partial charge in [-0.2, -0.15) is 26.3 Å². The van der Waals surface area contributed by atoms with Gasteiger partial charge in [0.2, 0.25) is 0 Å². The van der Waals surface area contributed by atoms with E-state index in [-0.39, 0.29) is 5.56 Å². The first-order valence-electron chi connectivity index (χ1n) is 5.69. The Balaban J connectivity index is 2.94. The van der Waals surface area contributed by atoms with Gasteiger partial charge in [0.1, 0.15) is 6.54 Å². The quantitative estimate of drug-likeness (QED) is 0.868. The molecule has 9 heteroatoms. The number of amides is 1. The van der Waals surface area contributed by atoms with Gasteiger partial charge in [0.25, 0.3) is 5.91 Å². The molecule has 3 nitrogen and oxygen atoms in total. The molecule has 1 amide bonds. The second kappa shape index (κ2) is 6.33. The minimum absolute atomic E-state index is 0.319. The number of alkyl halides is 6. The van der Waals surface area contributed by atoms with E-state index in [2.05, 4.69) is 0 Å². The SMILES string of the molecule is O=C(c1ccc(C(F)(F)F)cc1)N(CCO)CC(F)(F)F. The number of carbonyl (C=O) groups excluding carboxylic acids is 1. The second-order valence-electron chi connectivity index (χ2n) is 4.14. The van der Waals surface area contributed by atoms with Crippen molar-refractivity contribution in [2.45, 2.75) is 12.4 Å². The number of carbonyl (C=O) groups is 1. The summed E-state index contributed by atoms with van der Waals surface area (Å²) in [5.74, 6) is -1.10. The monoisotopic (exact) mass is 315 g/mol. The summed E-state index contributed by atoms with van der Waals surface area (Å²) in [5, 5.41) is 8.67. The molecule has 1 aromatic carbocycles. The first-order valence-corrected chi connectivity index (χ1v) is 5.69. The van der Waals surface area contributed by atoms with Crippen LogP contribution in [0.25, 0.3) is 0 Å². The molecular weight excluding hydrogens is 304 g/mol. The van der Waals surface area contributed by atoms with Crippen LogP contribution in [0.4, 0.5) is 26.3 Å². The maximum atomic E-state index is 12.3. The van der Waals surface area contributed by atoms with Crippen molar-refractivity contribution in [2.75, 3.05) is 19.7 Å². The Morgan fingerprint density at radius 3 is 1.95 bits per heavy atom. The van der Waals surface area contributed by atoms with Crippen LogP contribution in [0.3, 0.4) is 0 Å². The molecule has 21 heavy (non-hydrogen) atoms. The predicted octanol–water partition coefficient (Wildman–Crippen LogP) is 2.70. The zero-order valence-electron chi connectivity index (χ0n) is 10.5. The Kier molecular flexibility index (Phi) is 5.21. The number of halogens is 6. The summed E-state index contributed by atoms with van der Waals surface area (Å²) in [6.07, 6.45) is -9.27. The van der Waals surface area contributed by atoms with Crippen molar-refractivity contribution < 1.29 is 36.2 Å². The van der Waals surface area contributed by atoms with Gasteiger partial charge in [-0.3, -0.25) is 4.79 Å². The second-order valence-corrected chi connectivity index (χ2v) is 4.14. The fourth-order valence-corrected chi connectivity index (χ4v) is 1.57. The molecule has 118 valence electrons. The molecule has 1 N–H and O–H groups in total. The molecule has 0 unspecified atom stereocenters. The van der Waals surface area contributed by atoms with Gasteiger partial charge < -0.3 is 10.0 Å². The number of rotatable bonds is 4. The highest BCUT2D eigenvalue weighted by Crippen LogP contribution is 2.29. The Morgan fingerprint density at radius 1 is 1.05 bits per heavy atom. The van der Waals surface area contributed by atoms with E-state index in [1.807, 2.05) is 0 Å². The molecule has 0 saturated heterocycles. The molecule has 0 aliphatic heterocycles. The summed E-state index contributed by atoms with van der Waals surface area (Å²) in [5.41, 5.74) is -1.33. The van der Waals surface area contributed by atoms with Crippen molar-refractivity contribution in [3.05, 3.63) is 35.4 Å². The summed E-state index contributed by atoms with van der Waals surface area (Å²) in [6, 6.07) is 2.81. The number of hydrogen-bond acceptors (Lipinski definition) is 2. The van der Waals surface area contributed by atoms with Crippen LogP contribution in [0.2, 0.25) is 0 Å². The highest BCUT2D eigenvalue weighted by molar-refractivity contribution is 5.94. The van der Waals surface area contributed by atoms with Gasteiger partial charge in [-0.05, 0) is 24.3 Å². The molecule has 0 radical (unpaired) electrons. The molecule has 0 aliphatic rings. The number of hydrogen-bond donors (Lipinski definition) is 1. The molecule has 0 spiro atoms. The minimum atomic E-state index is -4.67. The highest BCUT2D eigenvalue weighted by Gasteiger charge is 2.34. The first kappa shape index (κ1) is 17.3. The lowest BCUT2D eigenvalue weighted by atomic mass is 10.1. The molecule has 0 heterocycles. The van der Waals surface area contributed by atoms with Crippen molar-refractivity contribution in [1.82, 2.24) is 4.90 Å². The van der Waals surface area contributed by atoms with Gasteiger partial charge in [-0.25, -0.2) is 0 Å². The number of aliphatic hydroxyl groups is 1. The fourth-order valence-electron chi connectivity index (χ4n) is 1.57. The van der Waals surface area contributed by atoms with Crippen molar-refractivity contribution in [3.63, 3.8) is 0 Å². The Hall–Kier alpha value is -1.77. The van der Waals surface area contributed by atoms with Gasteiger partial charge in [0.05, 0.1) is 12.2 Å². The van der Waals surface area contributed by atoms with E-state index in [9.17, 15) is 31.1 Å². The Morgan fingerprint density at radius 2 is 1.57 bits per heavy atom. The third-order valence-electron chi connectivity index (χ3n) is 2.49. The predicted molar refractivity (Wildman–Crippen MR) is 60.5 cm³/mol. The average Bonchev–Trinajstić information content (AvgIpc) is 2.35. The van der Waals surface area contributed by atoms with E-state index in [1.54, 1.807) is 0 Å². The Labute approximate surface area is 115 Å². The van der Waals surface area contributed by atoms with Crippen LogP contribution in [0.15, 0.2) is 24.3 Å². The summed E-state index contributed by atoms with van der Waals surface area (Å²) in [6.45, 7) is -2.85. The van der Waals surface area contributed by atoms with Gasteiger partial charge >= 0.3 is 12.4 Å². The third kappa shape index (κ3) is 5.25. The smallest absolute Gasteiger partial charge is 0.395 e. The van der Waals surface area contributed by atoms with Crippen LogP contribution in [-0.4, -0.2) is 41.8 Å². The van der Waals surface area contributed by atoms with E-state index in [0.29, 0.717) is 17.0 Å². The van der Waals surface area contributed by atoms with E-state index in [4.69, 9.17) is 5.11 Å². The summed E-state index contributed by atoms with van der Waals surface area (Å²) < 4.78 is 73.9. The lowest BCUT2D eigenvalue weighted by Crippen LogP contribution is -2.40. The van der Waals surface area contributed by atoms with Crippen LogP contribution in [0.5, 0.6) is 0 Å². The van der Waals surface area contributed by atoms with Crippen LogP contribution >= 0.6 is 0 Å². The maximum absolute atomic E-state index is 12.3. The van der Waals surface area contributed by atoms with Crippen molar-refractivity contribution >= 4 is 5.91 Å². The number of benzene rings is 1. The average molecular weight is 315 g/mol. The zero-order chi connectivity index (χ0) is 16.3. The molecule has 0 bridgehead atoms. The van der Waals surface area contributed by atoms with E-state index in [0.717, 1.165) is 12.1 Å². The third-order valence-corrected chi connectivity index (χ3v) is 2.49. The van der Waals surface area contributed by atoms with Crippen LogP contribution in [0.1, 0.15) is 15.9 Å². The van der Waals surface area contributed by atoms with Crippen LogP contribution in [0, 0.1) is 0 Å². The lowest BCUT2D eigenvalue weighted by Gasteiger charge is -2.23. The van der Waals surface area contributed by atoms with E-state index in [1.165, 1.54) is 0 Å². The number of nitrogens with zero attached hydrogens (tertiary/aromatic N) is 1. The van der Waals surface area contributed by atoms with Crippen molar-refractivity contribution in [3.8, 4) is 0 Å². The molecule has 0 aliphatic carbocycles. The van der Waals surface area contributed by atoms with E-state index >= 15 is 0 Å². The van der Waals surface area contributed by atoms with Gasteiger partial charge in [0.15, 0.2) is 0 Å². The largest absolute Gasteiger partial charge is 0.416 e. The van der Waals surface area contributed by atoms with Crippen LogP contribution in [-0.2, 0) is 6.18 Å². The molecular formula is C12H11F6NO2. The summed E-state index contributed by atoms with van der Waals surface area (Å²) >= 11 is 0. The molecule has 0 aromatic heterocycles. The van der Waals surface area contributed by atoms with Gasteiger partial charge in [-0.15, -0.1) is 0 Å². The zero-order valence-corrected chi connectivity index (χ0v) is 10.5. The molecule has 0 fully saturated rings. The lowest BCUT2D eigenvalue weighted by molar-refractivity contribution is -0.141. The Bertz CT molecular complexity index is 480. The van der Waals surface area contributed by atoms with Crippen molar-refractivity contribution in [2.24, 2.45) is 0 Å². The summed E-state index contributed by atoms with van der Waals surface area (Å²) in [4.78, 5) is 12.1. The fraction of sp³-hybridized carbons (Fsp3) is 0.417. The van der Waals surface area contributed by atoms with Crippen molar-refractivity contribution in [1.29, 1.82) is 0 Å². The molecule has 1 rings (SSSR count). The van der Waals surface area contributed by atoms with Crippen LogP contribution < -0.4 is 0 Å². The van der Waals surface area contributed by atoms with Gasteiger partial charge in [-0.1, -0.05) is 0 Å². The number of aliphatic hydroxyl groups excluding tert-OH is 1. The summed E-state index contributed by atoms with van der Waals surface area (Å²) in [7, 11) is 0. The standard InChI is InChI=1S/C12H11F6NO2/c13-11(14,15)7-19(5-6-20)10(21)8-1-3-9(4-2-8)12(16,17)18/h1-4,20H,5-7H2. The molecule has 1 aromatic rings. The van der Waals surface area contributed by atoms with Gasteiger partial charge in [0, 0.05) is 12.1 Å². The first-order chi connectivity index (χ1) is 9.54.